The number of rotatable bonds is 2. The molecule has 0 unspecified atom stereocenters. The Hall–Kier alpha value is -2.52. The zero-order valence-corrected chi connectivity index (χ0v) is 12.2. The highest BCUT2D eigenvalue weighted by Gasteiger charge is 2.42. The summed E-state index contributed by atoms with van der Waals surface area (Å²) in [6, 6.07) is 2.94. The number of esters is 1. The number of hydrogen-bond acceptors (Lipinski definition) is 5. The van der Waals surface area contributed by atoms with Gasteiger partial charge >= 0.3 is 5.97 Å². The maximum atomic E-state index is 12.3. The highest BCUT2D eigenvalue weighted by atomic mass is 16.7. The number of ether oxygens (including phenoxy) is 2. The van der Waals surface area contributed by atoms with Crippen LogP contribution in [-0.2, 0) is 14.4 Å². The molecule has 0 radical (unpaired) electrons. The summed E-state index contributed by atoms with van der Waals surface area (Å²) in [6.07, 6.45) is 5.41. The monoisotopic (exact) mass is 289 g/mol. The van der Waals surface area contributed by atoms with Gasteiger partial charge in [-0.3, -0.25) is 9.63 Å². The quantitative estimate of drug-likeness (QED) is 0.610. The Morgan fingerprint density at radius 1 is 1.38 bits per heavy atom. The van der Waals surface area contributed by atoms with Crippen molar-refractivity contribution in [2.75, 3.05) is 19.3 Å². The van der Waals surface area contributed by atoms with Gasteiger partial charge in [0.05, 0.1) is 19.8 Å². The number of fused-ring (bicyclic) bond motifs is 1. The molecule has 21 heavy (non-hydrogen) atoms. The fourth-order valence-corrected chi connectivity index (χ4v) is 2.06. The van der Waals surface area contributed by atoms with Crippen LogP contribution < -0.4 is 9.80 Å². The molecular weight excluding hydrogens is 274 g/mol. The molecule has 0 saturated carbocycles. The van der Waals surface area contributed by atoms with Gasteiger partial charge in [0, 0.05) is 5.56 Å². The smallest absolute Gasteiger partial charge is 0.339 e. The highest BCUT2D eigenvalue weighted by molar-refractivity contribution is 6.03. The Bertz CT molecular complexity index is 657. The van der Waals surface area contributed by atoms with Crippen molar-refractivity contribution in [1.82, 2.24) is 0 Å². The minimum atomic E-state index is -1.10. The summed E-state index contributed by atoms with van der Waals surface area (Å²) in [5.74, 6) is 1.78. The van der Waals surface area contributed by atoms with Gasteiger partial charge in [0.2, 0.25) is 0 Å². The fraction of sp³-hybridized carbons (Fsp3) is 0.333. The molecule has 1 aromatic carbocycles. The van der Waals surface area contributed by atoms with Crippen molar-refractivity contribution in [3.63, 3.8) is 0 Å². The van der Waals surface area contributed by atoms with Crippen molar-refractivity contribution in [1.29, 1.82) is 0 Å². The Labute approximate surface area is 122 Å². The van der Waals surface area contributed by atoms with Gasteiger partial charge in [0.1, 0.15) is 11.4 Å². The van der Waals surface area contributed by atoms with Crippen LogP contribution in [0.1, 0.15) is 29.8 Å². The van der Waals surface area contributed by atoms with Gasteiger partial charge in [-0.05, 0) is 26.0 Å². The van der Waals surface area contributed by atoms with Crippen LogP contribution in [0.15, 0.2) is 12.1 Å². The molecule has 1 heterocycles. The Balaban J connectivity index is 2.67. The molecular formula is C15H15NO5. The molecule has 0 fully saturated rings. The molecule has 0 aliphatic carbocycles. The molecule has 6 heteroatoms. The average Bonchev–Trinajstić information content (AvgIpc) is 2.46. The minimum Gasteiger partial charge on any atom is -0.476 e. The van der Waals surface area contributed by atoms with Crippen molar-refractivity contribution >= 4 is 17.6 Å². The molecule has 0 saturated heterocycles. The topological polar surface area (TPSA) is 65.1 Å². The van der Waals surface area contributed by atoms with Gasteiger partial charge in [-0.25, -0.2) is 4.79 Å². The maximum Gasteiger partial charge on any atom is 0.339 e. The second-order valence-corrected chi connectivity index (χ2v) is 4.90. The van der Waals surface area contributed by atoms with E-state index in [0.717, 1.165) is 5.06 Å². The van der Waals surface area contributed by atoms with Crippen LogP contribution in [0.4, 0.5) is 5.69 Å². The van der Waals surface area contributed by atoms with E-state index < -0.39 is 11.6 Å². The molecule has 0 atom stereocenters. The molecule has 0 N–H and O–H groups in total. The summed E-state index contributed by atoms with van der Waals surface area (Å²) in [6.45, 7) is 3.24. The number of hydrogen-bond donors (Lipinski definition) is 0. The molecule has 1 aliphatic rings. The molecule has 1 aliphatic heterocycles. The molecule has 0 spiro atoms. The van der Waals surface area contributed by atoms with Gasteiger partial charge in [0.25, 0.3) is 5.91 Å². The van der Waals surface area contributed by atoms with E-state index >= 15 is 0 Å². The van der Waals surface area contributed by atoms with Crippen molar-refractivity contribution in [3.05, 3.63) is 23.3 Å². The van der Waals surface area contributed by atoms with Gasteiger partial charge in [-0.2, -0.15) is 5.06 Å². The van der Waals surface area contributed by atoms with Crippen LogP contribution in [-0.4, -0.2) is 31.7 Å². The lowest BCUT2D eigenvalue weighted by atomic mass is 10.0. The lowest BCUT2D eigenvalue weighted by Crippen LogP contribution is -2.52. The van der Waals surface area contributed by atoms with E-state index in [1.165, 1.54) is 26.4 Å². The first-order valence-corrected chi connectivity index (χ1v) is 6.16. The first kappa shape index (κ1) is 14.9. The van der Waals surface area contributed by atoms with Crippen LogP contribution in [0.25, 0.3) is 0 Å². The van der Waals surface area contributed by atoms with Crippen LogP contribution in [0.5, 0.6) is 5.75 Å². The summed E-state index contributed by atoms with van der Waals surface area (Å²) >= 11 is 0. The standard InChI is InChI=1S/C15H15NO5/c1-6-9-7-12-11(8-10(9)13(17)19-4)16(20-5)14(18)15(2,3)21-12/h1,7-8H,2-5H3. The van der Waals surface area contributed by atoms with Gasteiger partial charge < -0.3 is 9.47 Å². The van der Waals surface area contributed by atoms with Crippen LogP contribution in [0.2, 0.25) is 0 Å². The highest BCUT2D eigenvalue weighted by Crippen LogP contribution is 2.39. The van der Waals surface area contributed by atoms with E-state index in [1.807, 2.05) is 0 Å². The summed E-state index contributed by atoms with van der Waals surface area (Å²) in [5.41, 5.74) is -0.304. The molecule has 1 amide bonds. The number of anilines is 1. The SMILES string of the molecule is C#Cc1cc2c(cc1C(=O)OC)N(OC)C(=O)C(C)(C)O2. The zero-order valence-electron chi connectivity index (χ0n) is 12.2. The van der Waals surface area contributed by atoms with E-state index in [1.54, 1.807) is 13.8 Å². The number of methoxy groups -OCH3 is 1. The summed E-state index contributed by atoms with van der Waals surface area (Å²) in [4.78, 5) is 29.2. The summed E-state index contributed by atoms with van der Waals surface area (Å²) in [5, 5.41) is 1.07. The largest absolute Gasteiger partial charge is 0.476 e. The molecule has 6 nitrogen and oxygen atoms in total. The van der Waals surface area contributed by atoms with E-state index in [-0.39, 0.29) is 11.5 Å². The number of nitrogens with zero attached hydrogens (tertiary/aromatic N) is 1. The summed E-state index contributed by atoms with van der Waals surface area (Å²) in [7, 11) is 2.61. The third kappa shape index (κ3) is 2.32. The lowest BCUT2D eigenvalue weighted by Gasteiger charge is -2.37. The van der Waals surface area contributed by atoms with Gasteiger partial charge in [-0.1, -0.05) is 5.92 Å². The van der Waals surface area contributed by atoms with Crippen molar-refractivity contribution in [2.45, 2.75) is 19.4 Å². The number of benzene rings is 1. The molecule has 1 aromatic rings. The lowest BCUT2D eigenvalue weighted by molar-refractivity contribution is -0.140. The van der Waals surface area contributed by atoms with Crippen molar-refractivity contribution in [2.24, 2.45) is 0 Å². The molecule has 110 valence electrons. The normalized spacial score (nSPS) is 15.8. The van der Waals surface area contributed by atoms with Crippen molar-refractivity contribution in [3.8, 4) is 18.1 Å². The number of carbonyl (C=O) groups is 2. The van der Waals surface area contributed by atoms with E-state index in [0.29, 0.717) is 17.0 Å². The Kier molecular flexibility index (Phi) is 3.62. The fourth-order valence-electron chi connectivity index (χ4n) is 2.06. The second kappa shape index (κ2) is 5.11. The minimum absolute atomic E-state index is 0.164. The second-order valence-electron chi connectivity index (χ2n) is 4.90. The van der Waals surface area contributed by atoms with E-state index in [9.17, 15) is 9.59 Å². The van der Waals surface area contributed by atoms with Gasteiger partial charge in [-0.15, -0.1) is 6.42 Å². The predicted molar refractivity (Wildman–Crippen MR) is 74.9 cm³/mol. The molecule has 0 bridgehead atoms. The third-order valence-electron chi connectivity index (χ3n) is 3.13. The number of amides is 1. The van der Waals surface area contributed by atoms with Crippen molar-refractivity contribution < 1.29 is 23.9 Å². The van der Waals surface area contributed by atoms with Crippen LogP contribution in [0, 0.1) is 12.3 Å². The van der Waals surface area contributed by atoms with E-state index in [4.69, 9.17) is 16.0 Å². The van der Waals surface area contributed by atoms with Crippen LogP contribution in [0.3, 0.4) is 0 Å². The first-order chi connectivity index (χ1) is 9.85. The van der Waals surface area contributed by atoms with Gasteiger partial charge in [0.15, 0.2) is 5.60 Å². The Morgan fingerprint density at radius 2 is 2.05 bits per heavy atom. The number of hydroxylamine groups is 1. The van der Waals surface area contributed by atoms with Crippen LogP contribution >= 0.6 is 0 Å². The number of terminal acetylenes is 1. The van der Waals surface area contributed by atoms with E-state index in [2.05, 4.69) is 10.7 Å². The average molecular weight is 289 g/mol. The number of carbonyl (C=O) groups excluding carboxylic acids is 2. The first-order valence-electron chi connectivity index (χ1n) is 6.16. The molecule has 0 aromatic heterocycles. The predicted octanol–water partition coefficient (Wildman–Crippen LogP) is 1.52. The molecule has 2 rings (SSSR count). The maximum absolute atomic E-state index is 12.3. The summed E-state index contributed by atoms with van der Waals surface area (Å²) < 4.78 is 10.3. The third-order valence-corrected chi connectivity index (χ3v) is 3.13. The Morgan fingerprint density at radius 3 is 2.57 bits per heavy atom. The zero-order chi connectivity index (χ0) is 15.8.